The number of hydrogen-bond donors (Lipinski definition) is 2. The molecule has 1 aromatic carbocycles. The first-order valence-electron chi connectivity index (χ1n) is 10.5. The molecule has 4 aromatic rings. The van der Waals surface area contributed by atoms with E-state index in [0.29, 0.717) is 34.2 Å². The van der Waals surface area contributed by atoms with E-state index in [1.165, 1.54) is 4.68 Å². The second-order valence-corrected chi connectivity index (χ2v) is 8.48. The highest BCUT2D eigenvalue weighted by molar-refractivity contribution is 5.89. The van der Waals surface area contributed by atoms with Gasteiger partial charge in [-0.15, -0.1) is 0 Å². The van der Waals surface area contributed by atoms with Gasteiger partial charge in [0, 0.05) is 49.4 Å². The van der Waals surface area contributed by atoms with Crippen molar-refractivity contribution in [2.75, 3.05) is 18.0 Å². The van der Waals surface area contributed by atoms with Crippen LogP contribution in [0.5, 0.6) is 5.75 Å². The molecule has 31 heavy (non-hydrogen) atoms. The lowest BCUT2D eigenvalue weighted by atomic mass is 10.1. The number of phenolic OH excluding ortho intramolecular Hbond substituents is 1. The minimum atomic E-state index is -0.734. The summed E-state index contributed by atoms with van der Waals surface area (Å²) in [7, 11) is 1.72. The summed E-state index contributed by atoms with van der Waals surface area (Å²) in [6.07, 6.45) is 2.81. The molecule has 3 aromatic heterocycles. The molecule has 1 saturated heterocycles. The molecule has 0 spiro atoms. The molecule has 0 saturated carbocycles. The molecule has 0 amide bonds. The SMILES string of the molecule is CC(C)N[C@H]1CCN(c2ccc3nc(-c4cc5cn(C)nc5c(F)c4O)ccc3n2)C1. The van der Waals surface area contributed by atoms with E-state index in [-0.39, 0.29) is 5.52 Å². The van der Waals surface area contributed by atoms with Crippen molar-refractivity contribution in [2.24, 2.45) is 7.05 Å². The van der Waals surface area contributed by atoms with Crippen LogP contribution in [0.3, 0.4) is 0 Å². The number of aromatic hydroxyl groups is 1. The molecule has 0 aliphatic carbocycles. The first kappa shape index (κ1) is 19.7. The van der Waals surface area contributed by atoms with Gasteiger partial charge < -0.3 is 15.3 Å². The van der Waals surface area contributed by atoms with Gasteiger partial charge in [0.25, 0.3) is 0 Å². The highest BCUT2D eigenvalue weighted by Crippen LogP contribution is 2.36. The number of rotatable bonds is 4. The largest absolute Gasteiger partial charge is 0.504 e. The van der Waals surface area contributed by atoms with Crippen molar-refractivity contribution >= 4 is 27.8 Å². The van der Waals surface area contributed by atoms with E-state index in [9.17, 15) is 9.50 Å². The molecule has 2 N–H and O–H groups in total. The topological polar surface area (TPSA) is 79.1 Å². The van der Waals surface area contributed by atoms with Crippen LogP contribution >= 0.6 is 0 Å². The number of aromatic nitrogens is 4. The third-order valence-electron chi connectivity index (χ3n) is 5.71. The second kappa shape index (κ2) is 7.46. The standard InChI is InChI=1S/C23H25FN6O/c1-13(2)25-15-8-9-30(12-15)20-7-6-18-19(27-20)5-4-17(26-18)16-10-14-11-29(3)28-22(14)21(24)23(16)31/h4-7,10-11,13,15,25,31H,8-9,12H2,1-3H3/t15-/m0/s1. The lowest BCUT2D eigenvalue weighted by molar-refractivity contribution is 0.437. The number of hydrogen-bond acceptors (Lipinski definition) is 6. The summed E-state index contributed by atoms with van der Waals surface area (Å²) < 4.78 is 16.2. The van der Waals surface area contributed by atoms with E-state index in [2.05, 4.69) is 34.1 Å². The summed E-state index contributed by atoms with van der Waals surface area (Å²) in [5.41, 5.74) is 2.44. The number of fused-ring (bicyclic) bond motifs is 2. The van der Waals surface area contributed by atoms with Gasteiger partial charge in [0.15, 0.2) is 11.6 Å². The van der Waals surface area contributed by atoms with Crippen LogP contribution in [0.2, 0.25) is 0 Å². The predicted octanol–water partition coefficient (Wildman–Crippen LogP) is 3.60. The maximum absolute atomic E-state index is 14.6. The zero-order valence-electron chi connectivity index (χ0n) is 17.8. The highest BCUT2D eigenvalue weighted by Gasteiger charge is 2.24. The average Bonchev–Trinajstić information content (AvgIpc) is 3.35. The van der Waals surface area contributed by atoms with Crippen LogP contribution in [0, 0.1) is 5.82 Å². The monoisotopic (exact) mass is 420 g/mol. The van der Waals surface area contributed by atoms with Gasteiger partial charge in [-0.3, -0.25) is 4.68 Å². The minimum Gasteiger partial charge on any atom is -0.504 e. The number of halogens is 1. The molecule has 1 fully saturated rings. The lowest BCUT2D eigenvalue weighted by Crippen LogP contribution is -2.37. The maximum atomic E-state index is 14.6. The van der Waals surface area contributed by atoms with E-state index in [1.807, 2.05) is 18.2 Å². The number of pyridine rings is 2. The maximum Gasteiger partial charge on any atom is 0.193 e. The summed E-state index contributed by atoms with van der Waals surface area (Å²) in [6, 6.07) is 10.2. The van der Waals surface area contributed by atoms with Gasteiger partial charge in [0.2, 0.25) is 0 Å². The molecule has 8 heteroatoms. The molecule has 1 aliphatic heterocycles. The number of anilines is 1. The Labute approximate surface area is 179 Å². The molecule has 0 unspecified atom stereocenters. The fourth-order valence-corrected chi connectivity index (χ4v) is 4.33. The van der Waals surface area contributed by atoms with Gasteiger partial charge in [0.1, 0.15) is 11.3 Å². The average molecular weight is 420 g/mol. The number of benzene rings is 1. The van der Waals surface area contributed by atoms with Crippen molar-refractivity contribution in [1.82, 2.24) is 25.1 Å². The van der Waals surface area contributed by atoms with E-state index >= 15 is 0 Å². The van der Waals surface area contributed by atoms with Crippen molar-refractivity contribution in [2.45, 2.75) is 32.4 Å². The van der Waals surface area contributed by atoms with Crippen LogP contribution in [-0.2, 0) is 7.05 Å². The molecule has 1 aliphatic rings. The molecular weight excluding hydrogens is 395 g/mol. The fraction of sp³-hybridized carbons (Fsp3) is 0.348. The summed E-state index contributed by atoms with van der Waals surface area (Å²) in [4.78, 5) is 11.7. The zero-order valence-corrected chi connectivity index (χ0v) is 17.8. The van der Waals surface area contributed by atoms with E-state index < -0.39 is 11.6 Å². The van der Waals surface area contributed by atoms with Gasteiger partial charge >= 0.3 is 0 Å². The zero-order chi connectivity index (χ0) is 21.7. The van der Waals surface area contributed by atoms with Crippen molar-refractivity contribution in [1.29, 1.82) is 0 Å². The number of aryl methyl sites for hydroxylation is 1. The molecule has 7 nitrogen and oxygen atoms in total. The second-order valence-electron chi connectivity index (χ2n) is 8.48. The van der Waals surface area contributed by atoms with Gasteiger partial charge in [-0.1, -0.05) is 13.8 Å². The summed E-state index contributed by atoms with van der Waals surface area (Å²) in [5.74, 6) is -0.244. The van der Waals surface area contributed by atoms with E-state index in [4.69, 9.17) is 4.98 Å². The highest BCUT2D eigenvalue weighted by atomic mass is 19.1. The number of nitrogens with zero attached hydrogens (tertiary/aromatic N) is 5. The third-order valence-corrected chi connectivity index (χ3v) is 5.71. The van der Waals surface area contributed by atoms with Gasteiger partial charge in [-0.2, -0.15) is 5.10 Å². The third kappa shape index (κ3) is 3.57. The van der Waals surface area contributed by atoms with Crippen molar-refractivity contribution in [3.8, 4) is 17.0 Å². The Morgan fingerprint density at radius 3 is 2.74 bits per heavy atom. The molecule has 4 heterocycles. The van der Waals surface area contributed by atoms with Crippen molar-refractivity contribution in [3.63, 3.8) is 0 Å². The van der Waals surface area contributed by atoms with E-state index in [0.717, 1.165) is 30.8 Å². The van der Waals surface area contributed by atoms with Crippen molar-refractivity contribution < 1.29 is 9.50 Å². The smallest absolute Gasteiger partial charge is 0.193 e. The van der Waals surface area contributed by atoms with Gasteiger partial charge in [-0.25, -0.2) is 14.4 Å². The number of phenols is 1. The summed E-state index contributed by atoms with van der Waals surface area (Å²) in [5, 5.41) is 18.7. The van der Waals surface area contributed by atoms with Crippen molar-refractivity contribution in [3.05, 3.63) is 42.3 Å². The first-order chi connectivity index (χ1) is 14.9. The van der Waals surface area contributed by atoms with Crippen LogP contribution in [0.15, 0.2) is 36.5 Å². The van der Waals surface area contributed by atoms with Crippen LogP contribution in [0.25, 0.3) is 33.2 Å². The summed E-state index contributed by atoms with van der Waals surface area (Å²) in [6.45, 7) is 6.22. The van der Waals surface area contributed by atoms with Crippen LogP contribution in [0.1, 0.15) is 20.3 Å². The van der Waals surface area contributed by atoms with Crippen LogP contribution in [-0.4, -0.2) is 50.0 Å². The molecule has 1 atom stereocenters. The molecule has 0 radical (unpaired) electrons. The molecular formula is C23H25FN6O. The lowest BCUT2D eigenvalue weighted by Gasteiger charge is -2.19. The normalized spacial score (nSPS) is 16.8. The number of nitrogens with one attached hydrogen (secondary N) is 1. The van der Waals surface area contributed by atoms with Crippen LogP contribution in [0.4, 0.5) is 10.2 Å². The Balaban J connectivity index is 1.47. The molecule has 0 bridgehead atoms. The van der Waals surface area contributed by atoms with E-state index in [1.54, 1.807) is 25.4 Å². The molecule has 160 valence electrons. The Hall–Kier alpha value is -3.26. The fourth-order valence-electron chi connectivity index (χ4n) is 4.33. The Morgan fingerprint density at radius 1 is 1.16 bits per heavy atom. The Morgan fingerprint density at radius 2 is 1.94 bits per heavy atom. The Bertz CT molecular complexity index is 1280. The van der Waals surface area contributed by atoms with Crippen LogP contribution < -0.4 is 10.2 Å². The van der Waals surface area contributed by atoms with Gasteiger partial charge in [-0.05, 0) is 36.8 Å². The Kier molecular flexibility index (Phi) is 4.74. The molecule has 5 rings (SSSR count). The summed E-state index contributed by atoms with van der Waals surface area (Å²) >= 11 is 0. The predicted molar refractivity (Wildman–Crippen MR) is 120 cm³/mol. The first-order valence-corrected chi connectivity index (χ1v) is 10.5. The van der Waals surface area contributed by atoms with Gasteiger partial charge in [0.05, 0.1) is 16.7 Å². The quantitative estimate of drug-likeness (QED) is 0.525. The minimum absolute atomic E-state index is 0.145.